The first-order valence-corrected chi connectivity index (χ1v) is 12.4. The van der Waals surface area contributed by atoms with Crippen LogP contribution in [0.25, 0.3) is 11.0 Å². The van der Waals surface area contributed by atoms with Gasteiger partial charge in [-0.2, -0.15) is 4.31 Å². The van der Waals surface area contributed by atoms with E-state index >= 15 is 0 Å². The summed E-state index contributed by atoms with van der Waals surface area (Å²) in [5, 5.41) is 3.06. The zero-order valence-electron chi connectivity index (χ0n) is 17.1. The van der Waals surface area contributed by atoms with Gasteiger partial charge in [0.15, 0.2) is 0 Å². The van der Waals surface area contributed by atoms with Crippen molar-refractivity contribution in [1.29, 1.82) is 0 Å². The maximum absolute atomic E-state index is 12.7. The number of benzene rings is 1. The first-order valence-electron chi connectivity index (χ1n) is 10.2. The molecule has 4 rings (SSSR count). The van der Waals surface area contributed by atoms with Crippen LogP contribution in [0.15, 0.2) is 40.6 Å². The number of nitrogens with one attached hydrogen (secondary N) is 2. The Bertz CT molecular complexity index is 1110. The Labute approximate surface area is 180 Å². The van der Waals surface area contributed by atoms with Crippen molar-refractivity contribution in [3.63, 3.8) is 0 Å². The molecule has 1 aliphatic rings. The van der Waals surface area contributed by atoms with E-state index in [1.165, 1.54) is 15.6 Å². The molecule has 1 unspecified atom stereocenters. The van der Waals surface area contributed by atoms with Gasteiger partial charge in [0.05, 0.1) is 23.5 Å². The van der Waals surface area contributed by atoms with Crippen molar-refractivity contribution < 1.29 is 13.2 Å². The first-order chi connectivity index (χ1) is 14.3. The largest absolute Gasteiger partial charge is 0.346 e. The van der Waals surface area contributed by atoms with Gasteiger partial charge in [-0.25, -0.2) is 13.4 Å². The molecular weight excluding hydrogens is 420 g/mol. The Morgan fingerprint density at radius 1 is 1.20 bits per heavy atom. The molecule has 3 aromatic rings. The number of para-hydroxylation sites is 2. The number of carbonyl (C=O) groups is 1. The number of sulfonamides is 1. The number of rotatable bonds is 7. The highest BCUT2D eigenvalue weighted by Crippen LogP contribution is 2.28. The van der Waals surface area contributed by atoms with Crippen LogP contribution in [-0.2, 0) is 21.2 Å². The molecule has 1 fully saturated rings. The summed E-state index contributed by atoms with van der Waals surface area (Å²) < 4.78 is 27.2. The number of nitrogens with zero attached hydrogens (tertiary/aromatic N) is 2. The minimum Gasteiger partial charge on any atom is -0.346 e. The van der Waals surface area contributed by atoms with Crippen LogP contribution in [0.4, 0.5) is 0 Å². The molecule has 7 nitrogen and oxygen atoms in total. The topological polar surface area (TPSA) is 95.2 Å². The molecule has 1 atom stereocenters. The monoisotopic (exact) mass is 446 g/mol. The molecular formula is C21H26N4O3S2. The van der Waals surface area contributed by atoms with E-state index in [1.807, 2.05) is 38.1 Å². The summed E-state index contributed by atoms with van der Waals surface area (Å²) in [4.78, 5) is 21.4. The van der Waals surface area contributed by atoms with Gasteiger partial charge in [-0.3, -0.25) is 4.79 Å². The van der Waals surface area contributed by atoms with Crippen LogP contribution in [-0.4, -0.2) is 41.7 Å². The number of aromatic nitrogens is 2. The van der Waals surface area contributed by atoms with Gasteiger partial charge in [0.2, 0.25) is 5.91 Å². The van der Waals surface area contributed by atoms with E-state index in [1.54, 1.807) is 12.1 Å². The number of H-pyrrole nitrogens is 1. The van der Waals surface area contributed by atoms with E-state index in [9.17, 15) is 13.2 Å². The summed E-state index contributed by atoms with van der Waals surface area (Å²) in [5.41, 5.74) is 1.80. The van der Waals surface area contributed by atoms with Gasteiger partial charge in [0.1, 0.15) is 10.0 Å². The van der Waals surface area contributed by atoms with Crippen molar-refractivity contribution in [2.45, 2.75) is 43.4 Å². The normalized spacial score (nSPS) is 16.4. The highest BCUT2D eigenvalue weighted by Gasteiger charge is 2.29. The first kappa shape index (κ1) is 21.0. The fourth-order valence-corrected chi connectivity index (χ4v) is 6.73. The highest BCUT2D eigenvalue weighted by atomic mass is 32.2. The molecule has 1 amide bonds. The maximum Gasteiger partial charge on any atom is 0.252 e. The summed E-state index contributed by atoms with van der Waals surface area (Å²) >= 11 is 1.18. The average molecular weight is 447 g/mol. The fraction of sp³-hybridized carbons (Fsp3) is 0.429. The van der Waals surface area contributed by atoms with Gasteiger partial charge in [0, 0.05) is 18.0 Å². The van der Waals surface area contributed by atoms with Crippen LogP contribution in [0.1, 0.15) is 43.4 Å². The Balaban J connectivity index is 1.46. The lowest BCUT2D eigenvalue weighted by molar-refractivity contribution is -0.121. The van der Waals surface area contributed by atoms with Crippen molar-refractivity contribution in [1.82, 2.24) is 19.6 Å². The van der Waals surface area contributed by atoms with E-state index in [4.69, 9.17) is 0 Å². The third-order valence-corrected chi connectivity index (χ3v) is 8.77. The summed E-state index contributed by atoms with van der Waals surface area (Å²) in [7, 11) is -3.44. The highest BCUT2D eigenvalue weighted by molar-refractivity contribution is 7.91. The van der Waals surface area contributed by atoms with Gasteiger partial charge in [0.25, 0.3) is 10.0 Å². The van der Waals surface area contributed by atoms with Crippen LogP contribution in [0, 0.1) is 5.92 Å². The zero-order chi connectivity index (χ0) is 21.3. The number of amides is 1. The second-order valence-corrected chi connectivity index (χ2v) is 11.3. The lowest BCUT2D eigenvalue weighted by atomic mass is 10.0. The van der Waals surface area contributed by atoms with Crippen LogP contribution < -0.4 is 5.32 Å². The molecule has 9 heteroatoms. The standard InChI is InChI=1S/C21H26N4O3S2/c1-14(2)20(21-22-16-7-3-4-8-17(16)23-21)24-18(26)13-15-9-10-19(29-15)30(27,28)25-11-5-6-12-25/h3-4,7-10,14,20H,5-6,11-13H2,1-2H3,(H,22,23)(H,24,26). The van der Waals surface area contributed by atoms with E-state index in [0.29, 0.717) is 17.3 Å². The predicted octanol–water partition coefficient (Wildman–Crippen LogP) is 3.46. The number of carbonyl (C=O) groups excluding carboxylic acids is 1. The van der Waals surface area contributed by atoms with Crippen LogP contribution in [0.3, 0.4) is 0 Å². The lowest BCUT2D eigenvalue weighted by Gasteiger charge is -2.20. The zero-order valence-corrected chi connectivity index (χ0v) is 18.7. The van der Waals surface area contributed by atoms with Crippen molar-refractivity contribution >= 4 is 38.3 Å². The number of fused-ring (bicyclic) bond motifs is 1. The summed E-state index contributed by atoms with van der Waals surface area (Å²) in [6.45, 7) is 5.21. The van der Waals surface area contributed by atoms with Crippen molar-refractivity contribution in [3.05, 3.63) is 47.1 Å². The molecule has 1 saturated heterocycles. The summed E-state index contributed by atoms with van der Waals surface area (Å²) in [6, 6.07) is 10.9. The number of thiophene rings is 1. The third-order valence-electron chi connectivity index (χ3n) is 5.32. The van der Waals surface area contributed by atoms with Crippen molar-refractivity contribution in [3.8, 4) is 0 Å². The van der Waals surface area contributed by atoms with Gasteiger partial charge >= 0.3 is 0 Å². The number of hydrogen-bond acceptors (Lipinski definition) is 5. The van der Waals surface area contributed by atoms with E-state index in [-0.39, 0.29) is 24.3 Å². The molecule has 0 spiro atoms. The van der Waals surface area contributed by atoms with E-state index in [2.05, 4.69) is 15.3 Å². The van der Waals surface area contributed by atoms with Crippen molar-refractivity contribution in [2.24, 2.45) is 5.92 Å². The van der Waals surface area contributed by atoms with Gasteiger partial charge in [-0.15, -0.1) is 11.3 Å². The molecule has 3 heterocycles. The molecule has 2 aromatic heterocycles. The smallest absolute Gasteiger partial charge is 0.252 e. The second-order valence-electron chi connectivity index (χ2n) is 7.94. The molecule has 160 valence electrons. The Morgan fingerprint density at radius 3 is 2.63 bits per heavy atom. The molecule has 0 radical (unpaired) electrons. The number of aromatic amines is 1. The molecule has 0 aliphatic carbocycles. The predicted molar refractivity (Wildman–Crippen MR) is 118 cm³/mol. The van der Waals surface area contributed by atoms with E-state index < -0.39 is 10.0 Å². The van der Waals surface area contributed by atoms with Gasteiger partial charge < -0.3 is 10.3 Å². The average Bonchev–Trinajstić information content (AvgIpc) is 3.45. The SMILES string of the molecule is CC(C)C(NC(=O)Cc1ccc(S(=O)(=O)N2CCCC2)s1)c1nc2ccccc2[nH]1. The Kier molecular flexibility index (Phi) is 5.95. The maximum atomic E-state index is 12.7. The Morgan fingerprint density at radius 2 is 1.93 bits per heavy atom. The number of imidazole rings is 1. The molecule has 0 saturated carbocycles. The third kappa shape index (κ3) is 4.28. The molecule has 30 heavy (non-hydrogen) atoms. The summed E-state index contributed by atoms with van der Waals surface area (Å²) in [5.74, 6) is 0.716. The summed E-state index contributed by atoms with van der Waals surface area (Å²) in [6.07, 6.45) is 1.94. The van der Waals surface area contributed by atoms with Crippen LogP contribution in [0.5, 0.6) is 0 Å². The lowest BCUT2D eigenvalue weighted by Crippen LogP contribution is -2.33. The molecule has 1 aliphatic heterocycles. The van der Waals surface area contributed by atoms with Crippen LogP contribution >= 0.6 is 11.3 Å². The number of hydrogen-bond donors (Lipinski definition) is 2. The molecule has 2 N–H and O–H groups in total. The fourth-order valence-electron chi connectivity index (χ4n) is 3.70. The van der Waals surface area contributed by atoms with E-state index in [0.717, 1.165) is 34.6 Å². The van der Waals surface area contributed by atoms with Crippen LogP contribution in [0.2, 0.25) is 0 Å². The minimum absolute atomic E-state index is 0.142. The van der Waals surface area contributed by atoms with Crippen molar-refractivity contribution in [2.75, 3.05) is 13.1 Å². The Hall–Kier alpha value is -2.23. The van der Waals surface area contributed by atoms with Gasteiger partial charge in [-0.1, -0.05) is 26.0 Å². The molecule has 0 bridgehead atoms. The van der Waals surface area contributed by atoms with Gasteiger partial charge in [-0.05, 0) is 43.0 Å². The second kappa shape index (κ2) is 8.49. The molecule has 1 aromatic carbocycles. The quantitative estimate of drug-likeness (QED) is 0.581. The minimum atomic E-state index is -3.44.